The van der Waals surface area contributed by atoms with Crippen molar-refractivity contribution in [2.45, 2.75) is 19.8 Å². The highest BCUT2D eigenvalue weighted by Crippen LogP contribution is 2.24. The quantitative estimate of drug-likeness (QED) is 0.875. The lowest BCUT2D eigenvalue weighted by atomic mass is 9.99. The fourth-order valence-electron chi connectivity index (χ4n) is 2.83. The predicted molar refractivity (Wildman–Crippen MR) is 96.5 cm³/mol. The van der Waals surface area contributed by atoms with Crippen LogP contribution in [0.5, 0.6) is 0 Å². The Labute approximate surface area is 142 Å². The number of carbonyl (C=O) groups excluding carboxylic acids is 1. The van der Waals surface area contributed by atoms with E-state index < -0.39 is 0 Å². The highest BCUT2D eigenvalue weighted by atomic mass is 35.5. The first-order valence-corrected chi connectivity index (χ1v) is 8.41. The van der Waals surface area contributed by atoms with Crippen molar-refractivity contribution in [2.24, 2.45) is 5.92 Å². The van der Waals surface area contributed by atoms with Crippen molar-refractivity contribution in [2.75, 3.05) is 23.3 Å². The van der Waals surface area contributed by atoms with Crippen LogP contribution in [0.4, 0.5) is 11.4 Å². The largest absolute Gasteiger partial charge is 0.372 e. The summed E-state index contributed by atoms with van der Waals surface area (Å²) in [6.45, 7) is 4.53. The van der Waals surface area contributed by atoms with Gasteiger partial charge in [0.1, 0.15) is 0 Å². The summed E-state index contributed by atoms with van der Waals surface area (Å²) in [6.07, 6.45) is 2.49. The molecule has 1 N–H and O–H groups in total. The van der Waals surface area contributed by atoms with Gasteiger partial charge in [-0.2, -0.15) is 0 Å². The van der Waals surface area contributed by atoms with Crippen LogP contribution in [0.25, 0.3) is 0 Å². The van der Waals surface area contributed by atoms with Crippen molar-refractivity contribution in [3.63, 3.8) is 0 Å². The van der Waals surface area contributed by atoms with E-state index in [0.29, 0.717) is 10.6 Å². The first kappa shape index (κ1) is 15.9. The van der Waals surface area contributed by atoms with Gasteiger partial charge in [-0.05, 0) is 67.3 Å². The topological polar surface area (TPSA) is 32.3 Å². The summed E-state index contributed by atoms with van der Waals surface area (Å²) in [4.78, 5) is 14.6. The van der Waals surface area contributed by atoms with Gasteiger partial charge in [-0.15, -0.1) is 0 Å². The second-order valence-corrected chi connectivity index (χ2v) is 6.61. The number of carbonyl (C=O) groups is 1. The molecule has 2 aromatic carbocycles. The number of benzene rings is 2. The molecule has 23 heavy (non-hydrogen) atoms. The molecule has 1 heterocycles. The molecule has 0 aromatic heterocycles. The third kappa shape index (κ3) is 4.05. The van der Waals surface area contributed by atoms with Gasteiger partial charge in [0.25, 0.3) is 5.91 Å². The third-order valence-corrected chi connectivity index (χ3v) is 4.63. The zero-order valence-corrected chi connectivity index (χ0v) is 14.0. The molecular weight excluding hydrogens is 308 g/mol. The smallest absolute Gasteiger partial charge is 0.255 e. The average molecular weight is 329 g/mol. The Bertz CT molecular complexity index is 659. The van der Waals surface area contributed by atoms with E-state index in [9.17, 15) is 4.79 Å². The highest BCUT2D eigenvalue weighted by molar-refractivity contribution is 6.30. The predicted octanol–water partition coefficient (Wildman–Crippen LogP) is 4.83. The molecule has 0 spiro atoms. The fourth-order valence-corrected chi connectivity index (χ4v) is 2.95. The second kappa shape index (κ2) is 7.05. The molecule has 0 radical (unpaired) electrons. The number of hydrogen-bond acceptors (Lipinski definition) is 2. The standard InChI is InChI=1S/C19H21ClN2O/c1-14-10-12-22(13-11-14)18-8-6-17(7-9-18)21-19(23)15-2-4-16(20)5-3-15/h2-9,14H,10-13H2,1H3,(H,21,23). The van der Waals surface area contributed by atoms with Crippen LogP contribution in [-0.2, 0) is 0 Å². The minimum Gasteiger partial charge on any atom is -0.372 e. The maximum Gasteiger partial charge on any atom is 0.255 e. The summed E-state index contributed by atoms with van der Waals surface area (Å²) in [6, 6.07) is 15.0. The summed E-state index contributed by atoms with van der Waals surface area (Å²) < 4.78 is 0. The maximum atomic E-state index is 12.2. The number of hydrogen-bond donors (Lipinski definition) is 1. The molecule has 1 saturated heterocycles. The highest BCUT2D eigenvalue weighted by Gasteiger charge is 2.16. The van der Waals surface area contributed by atoms with Crippen molar-refractivity contribution in [3.05, 3.63) is 59.1 Å². The molecule has 4 heteroatoms. The summed E-state index contributed by atoms with van der Waals surface area (Å²) in [5.41, 5.74) is 2.63. The molecule has 0 aliphatic carbocycles. The number of piperidine rings is 1. The van der Waals surface area contributed by atoms with Crippen molar-refractivity contribution < 1.29 is 4.79 Å². The summed E-state index contributed by atoms with van der Waals surface area (Å²) >= 11 is 5.84. The number of amides is 1. The lowest BCUT2D eigenvalue weighted by Gasteiger charge is -2.32. The van der Waals surface area contributed by atoms with Gasteiger partial charge in [0.15, 0.2) is 0 Å². The zero-order chi connectivity index (χ0) is 16.2. The second-order valence-electron chi connectivity index (χ2n) is 6.18. The van der Waals surface area contributed by atoms with Gasteiger partial charge in [-0.3, -0.25) is 4.79 Å². The Kier molecular flexibility index (Phi) is 4.87. The van der Waals surface area contributed by atoms with Crippen LogP contribution >= 0.6 is 11.6 Å². The van der Waals surface area contributed by atoms with Crippen molar-refractivity contribution in [1.29, 1.82) is 0 Å². The van der Waals surface area contributed by atoms with Gasteiger partial charge in [-0.25, -0.2) is 0 Å². The molecule has 0 atom stereocenters. The molecule has 2 aromatic rings. The molecular formula is C19H21ClN2O. The van der Waals surface area contributed by atoms with Crippen molar-refractivity contribution in [1.82, 2.24) is 0 Å². The molecule has 120 valence electrons. The molecule has 3 rings (SSSR count). The van der Waals surface area contributed by atoms with Crippen molar-refractivity contribution >= 4 is 28.9 Å². The van der Waals surface area contributed by atoms with E-state index in [2.05, 4.69) is 29.3 Å². The number of nitrogens with one attached hydrogen (secondary N) is 1. The molecule has 1 aliphatic rings. The molecule has 0 saturated carbocycles. The molecule has 1 amide bonds. The van der Waals surface area contributed by atoms with Crippen LogP contribution in [0.15, 0.2) is 48.5 Å². The molecule has 0 unspecified atom stereocenters. The number of halogens is 1. The Morgan fingerprint density at radius 1 is 1.04 bits per heavy atom. The molecule has 1 aliphatic heterocycles. The lowest BCUT2D eigenvalue weighted by Crippen LogP contribution is -2.32. The van der Waals surface area contributed by atoms with E-state index in [1.54, 1.807) is 24.3 Å². The maximum absolute atomic E-state index is 12.2. The first-order valence-electron chi connectivity index (χ1n) is 8.04. The van der Waals surface area contributed by atoms with Gasteiger partial charge in [-0.1, -0.05) is 18.5 Å². The van der Waals surface area contributed by atoms with Crippen LogP contribution in [0.2, 0.25) is 5.02 Å². The minimum absolute atomic E-state index is 0.124. The van der Waals surface area contributed by atoms with Crippen LogP contribution in [0.1, 0.15) is 30.1 Å². The summed E-state index contributed by atoms with van der Waals surface area (Å²) in [5, 5.41) is 3.54. The Morgan fingerprint density at radius 2 is 1.65 bits per heavy atom. The van der Waals surface area contributed by atoms with Gasteiger partial charge in [0.05, 0.1) is 0 Å². The number of rotatable bonds is 3. The molecule has 1 fully saturated rings. The normalized spacial score (nSPS) is 15.5. The summed E-state index contributed by atoms with van der Waals surface area (Å²) in [7, 11) is 0. The van der Waals surface area contributed by atoms with Gasteiger partial charge >= 0.3 is 0 Å². The SMILES string of the molecule is CC1CCN(c2ccc(NC(=O)c3ccc(Cl)cc3)cc2)CC1. The van der Waals surface area contributed by atoms with Crippen LogP contribution in [0, 0.1) is 5.92 Å². The Morgan fingerprint density at radius 3 is 2.26 bits per heavy atom. The van der Waals surface area contributed by atoms with E-state index in [1.165, 1.54) is 18.5 Å². The number of nitrogens with zero attached hydrogens (tertiary/aromatic N) is 1. The minimum atomic E-state index is -0.124. The monoisotopic (exact) mass is 328 g/mol. The van der Waals surface area contributed by atoms with E-state index >= 15 is 0 Å². The first-order chi connectivity index (χ1) is 11.1. The van der Waals surface area contributed by atoms with Gasteiger partial charge in [0, 0.05) is 35.1 Å². The molecule has 0 bridgehead atoms. The van der Waals surface area contributed by atoms with Gasteiger partial charge in [0.2, 0.25) is 0 Å². The van der Waals surface area contributed by atoms with Crippen molar-refractivity contribution in [3.8, 4) is 0 Å². The Hall–Kier alpha value is -2.00. The zero-order valence-electron chi connectivity index (χ0n) is 13.3. The van der Waals surface area contributed by atoms with E-state index in [0.717, 1.165) is 24.7 Å². The van der Waals surface area contributed by atoms with Crippen LogP contribution in [-0.4, -0.2) is 19.0 Å². The lowest BCUT2D eigenvalue weighted by molar-refractivity contribution is 0.102. The fraction of sp³-hybridized carbons (Fsp3) is 0.316. The van der Waals surface area contributed by atoms with E-state index in [-0.39, 0.29) is 5.91 Å². The Balaban J connectivity index is 1.63. The summed E-state index contributed by atoms with van der Waals surface area (Å²) in [5.74, 6) is 0.699. The van der Waals surface area contributed by atoms with Crippen LogP contribution < -0.4 is 10.2 Å². The molecule has 3 nitrogen and oxygen atoms in total. The number of anilines is 2. The van der Waals surface area contributed by atoms with E-state index in [4.69, 9.17) is 11.6 Å². The third-order valence-electron chi connectivity index (χ3n) is 4.38. The average Bonchev–Trinajstić information content (AvgIpc) is 2.57. The van der Waals surface area contributed by atoms with Gasteiger partial charge < -0.3 is 10.2 Å². The van der Waals surface area contributed by atoms with Crippen LogP contribution in [0.3, 0.4) is 0 Å². The van der Waals surface area contributed by atoms with E-state index in [1.807, 2.05) is 12.1 Å².